The summed E-state index contributed by atoms with van der Waals surface area (Å²) in [6, 6.07) is 8.12. The van der Waals surface area contributed by atoms with E-state index in [0.29, 0.717) is 18.7 Å². The molecule has 180 valence electrons. The van der Waals surface area contributed by atoms with Crippen LogP contribution in [0.3, 0.4) is 0 Å². The summed E-state index contributed by atoms with van der Waals surface area (Å²) in [5.41, 5.74) is 12.3. The molecule has 3 aromatic rings. The number of carbonyl (C=O) groups is 1. The zero-order chi connectivity index (χ0) is 24.6. The number of fused-ring (bicyclic) bond motifs is 1. The number of aryl methyl sites for hydroxylation is 2. The fourth-order valence-corrected chi connectivity index (χ4v) is 5.19. The highest BCUT2D eigenvalue weighted by molar-refractivity contribution is 5.91. The Morgan fingerprint density at radius 1 is 1.12 bits per heavy atom. The fourth-order valence-electron chi connectivity index (χ4n) is 5.19. The van der Waals surface area contributed by atoms with Crippen LogP contribution in [0.25, 0.3) is 10.9 Å². The number of nitrogens with zero attached hydrogens (tertiary/aromatic N) is 2. The van der Waals surface area contributed by atoms with Crippen molar-refractivity contribution in [3.63, 3.8) is 0 Å². The predicted molar refractivity (Wildman–Crippen MR) is 136 cm³/mol. The van der Waals surface area contributed by atoms with Gasteiger partial charge in [0.2, 0.25) is 0 Å². The van der Waals surface area contributed by atoms with Crippen LogP contribution >= 0.6 is 0 Å². The van der Waals surface area contributed by atoms with E-state index >= 15 is 0 Å². The van der Waals surface area contributed by atoms with Crippen LogP contribution in [0.15, 0.2) is 24.3 Å². The van der Waals surface area contributed by atoms with E-state index in [0.717, 1.165) is 57.7 Å². The van der Waals surface area contributed by atoms with E-state index in [1.807, 2.05) is 25.1 Å². The molecule has 4 N–H and O–H groups in total. The Labute approximate surface area is 200 Å². The summed E-state index contributed by atoms with van der Waals surface area (Å²) in [5.74, 6) is 1.56. The van der Waals surface area contributed by atoms with Gasteiger partial charge >= 0.3 is 5.97 Å². The average molecular weight is 463 g/mol. The molecule has 0 bridgehead atoms. The second kappa shape index (κ2) is 9.49. The van der Waals surface area contributed by atoms with Crippen molar-refractivity contribution in [2.45, 2.75) is 65.3 Å². The van der Waals surface area contributed by atoms with Gasteiger partial charge in [0.25, 0.3) is 0 Å². The SMILES string of the molecule is COc1cc2nc(C)nc(N[C@@H](C)c3cc(N)cc(C)c3C)c2cc1C1CCC(C(=O)O)CC1. The van der Waals surface area contributed by atoms with Gasteiger partial charge in [0, 0.05) is 17.1 Å². The van der Waals surface area contributed by atoms with E-state index in [-0.39, 0.29) is 17.9 Å². The Balaban J connectivity index is 1.73. The zero-order valence-electron chi connectivity index (χ0n) is 20.6. The number of anilines is 2. The van der Waals surface area contributed by atoms with Crippen molar-refractivity contribution in [2.24, 2.45) is 5.92 Å². The van der Waals surface area contributed by atoms with E-state index in [1.165, 1.54) is 5.56 Å². The highest BCUT2D eigenvalue weighted by atomic mass is 16.5. The van der Waals surface area contributed by atoms with E-state index in [2.05, 4.69) is 37.1 Å². The number of carboxylic acid groups (broad SMARTS) is 1. The number of carboxylic acids is 1. The first-order valence-corrected chi connectivity index (χ1v) is 11.9. The molecule has 7 heteroatoms. The number of hydrogen-bond acceptors (Lipinski definition) is 6. The molecule has 0 unspecified atom stereocenters. The van der Waals surface area contributed by atoms with Gasteiger partial charge in [-0.05, 0) is 99.7 Å². The maximum Gasteiger partial charge on any atom is 0.306 e. The quantitative estimate of drug-likeness (QED) is 0.404. The molecular formula is C27H34N4O3. The number of ether oxygens (including phenoxy) is 1. The lowest BCUT2D eigenvalue weighted by molar-refractivity contribution is -0.142. The second-order valence-electron chi connectivity index (χ2n) is 9.54. The maximum absolute atomic E-state index is 11.4. The molecule has 2 aromatic carbocycles. The molecule has 1 saturated carbocycles. The third kappa shape index (κ3) is 4.65. The number of nitrogens with two attached hydrogens (primary N) is 1. The lowest BCUT2D eigenvalue weighted by atomic mass is 9.78. The van der Waals surface area contributed by atoms with Gasteiger partial charge in [0.15, 0.2) is 0 Å². The van der Waals surface area contributed by atoms with Gasteiger partial charge in [-0.1, -0.05) is 0 Å². The largest absolute Gasteiger partial charge is 0.496 e. The molecule has 0 saturated heterocycles. The van der Waals surface area contributed by atoms with Crippen molar-refractivity contribution in [3.05, 3.63) is 52.3 Å². The molecule has 1 aliphatic carbocycles. The lowest BCUT2D eigenvalue weighted by Gasteiger charge is -2.28. The summed E-state index contributed by atoms with van der Waals surface area (Å²) >= 11 is 0. The maximum atomic E-state index is 11.4. The summed E-state index contributed by atoms with van der Waals surface area (Å²) in [7, 11) is 1.67. The van der Waals surface area contributed by atoms with Gasteiger partial charge in [-0.25, -0.2) is 9.97 Å². The lowest BCUT2D eigenvalue weighted by Crippen LogP contribution is -2.20. The third-order valence-electron chi connectivity index (χ3n) is 7.22. The predicted octanol–water partition coefficient (Wildman–Crippen LogP) is 5.68. The summed E-state index contributed by atoms with van der Waals surface area (Å²) < 4.78 is 5.74. The smallest absolute Gasteiger partial charge is 0.306 e. The number of rotatable bonds is 6. The molecule has 4 rings (SSSR count). The first-order valence-electron chi connectivity index (χ1n) is 11.9. The number of nitrogens with one attached hydrogen (secondary N) is 1. The molecule has 0 spiro atoms. The first kappa shape index (κ1) is 23.8. The molecule has 0 aliphatic heterocycles. The van der Waals surface area contributed by atoms with Crippen LogP contribution in [0.4, 0.5) is 11.5 Å². The monoisotopic (exact) mass is 462 g/mol. The van der Waals surface area contributed by atoms with E-state index < -0.39 is 5.97 Å². The molecule has 1 fully saturated rings. The topological polar surface area (TPSA) is 110 Å². The first-order chi connectivity index (χ1) is 16.2. The summed E-state index contributed by atoms with van der Waals surface area (Å²) in [6.45, 7) is 8.19. The minimum atomic E-state index is -0.694. The molecule has 0 amide bonds. The Bertz CT molecular complexity index is 1230. The number of aromatic nitrogens is 2. The van der Waals surface area contributed by atoms with Crippen LogP contribution in [0.5, 0.6) is 5.75 Å². The van der Waals surface area contributed by atoms with Crippen molar-refractivity contribution in [3.8, 4) is 5.75 Å². The van der Waals surface area contributed by atoms with Gasteiger partial charge < -0.3 is 20.9 Å². The third-order valence-corrected chi connectivity index (χ3v) is 7.22. The van der Waals surface area contributed by atoms with E-state index in [4.69, 9.17) is 15.5 Å². The van der Waals surface area contributed by atoms with Crippen molar-refractivity contribution in [1.29, 1.82) is 0 Å². The van der Waals surface area contributed by atoms with E-state index in [1.54, 1.807) is 7.11 Å². The van der Waals surface area contributed by atoms with Crippen molar-refractivity contribution in [2.75, 3.05) is 18.2 Å². The molecule has 1 aromatic heterocycles. The molecular weight excluding hydrogens is 428 g/mol. The normalized spacial score (nSPS) is 19.1. The molecule has 0 radical (unpaired) electrons. The highest BCUT2D eigenvalue weighted by Gasteiger charge is 2.29. The minimum Gasteiger partial charge on any atom is -0.496 e. The molecule has 34 heavy (non-hydrogen) atoms. The van der Waals surface area contributed by atoms with Gasteiger partial charge in [0.05, 0.1) is 24.6 Å². The van der Waals surface area contributed by atoms with Crippen LogP contribution in [0.2, 0.25) is 0 Å². The van der Waals surface area contributed by atoms with Crippen LogP contribution in [-0.4, -0.2) is 28.2 Å². The molecule has 7 nitrogen and oxygen atoms in total. The Kier molecular flexibility index (Phi) is 6.64. The highest BCUT2D eigenvalue weighted by Crippen LogP contribution is 2.42. The van der Waals surface area contributed by atoms with Gasteiger partial charge in [-0.15, -0.1) is 0 Å². The fraction of sp³-hybridized carbons (Fsp3) is 0.444. The van der Waals surface area contributed by atoms with Gasteiger partial charge in [-0.2, -0.15) is 0 Å². The standard InChI is InChI=1S/C27H34N4O3/c1-14-10-20(28)11-21(15(14)2)16(3)29-26-23-12-22(18-6-8-19(9-7-18)27(32)33)25(34-5)13-24(23)30-17(4)31-26/h10-13,16,18-19H,6-9,28H2,1-5H3,(H,32,33)(H,29,30,31)/t16-,18?,19?/m0/s1. The number of nitrogen functional groups attached to an aromatic ring is 1. The van der Waals surface area contributed by atoms with E-state index in [9.17, 15) is 9.90 Å². The van der Waals surface area contributed by atoms with Gasteiger partial charge in [0.1, 0.15) is 17.4 Å². The van der Waals surface area contributed by atoms with Crippen LogP contribution in [0, 0.1) is 26.7 Å². The second-order valence-corrected chi connectivity index (χ2v) is 9.54. The molecule has 1 atom stereocenters. The van der Waals surface area contributed by atoms with Crippen molar-refractivity contribution >= 4 is 28.4 Å². The van der Waals surface area contributed by atoms with Crippen LogP contribution < -0.4 is 15.8 Å². The van der Waals surface area contributed by atoms with Crippen molar-refractivity contribution < 1.29 is 14.6 Å². The van der Waals surface area contributed by atoms with Crippen LogP contribution in [-0.2, 0) is 4.79 Å². The van der Waals surface area contributed by atoms with Crippen molar-refractivity contribution in [1.82, 2.24) is 9.97 Å². The Morgan fingerprint density at radius 3 is 2.47 bits per heavy atom. The van der Waals surface area contributed by atoms with Crippen LogP contribution in [0.1, 0.15) is 72.6 Å². The summed E-state index contributed by atoms with van der Waals surface area (Å²) in [6.07, 6.45) is 3.02. The average Bonchev–Trinajstić information content (AvgIpc) is 2.80. The zero-order valence-corrected chi connectivity index (χ0v) is 20.6. The Morgan fingerprint density at radius 2 is 1.82 bits per heavy atom. The summed E-state index contributed by atoms with van der Waals surface area (Å²) in [5, 5.41) is 13.9. The molecule has 1 heterocycles. The molecule has 1 aliphatic rings. The summed E-state index contributed by atoms with van der Waals surface area (Å²) in [4.78, 5) is 20.8. The van der Waals surface area contributed by atoms with Gasteiger partial charge in [-0.3, -0.25) is 4.79 Å². The number of aliphatic carboxylic acids is 1. The number of methoxy groups -OCH3 is 1. The number of hydrogen-bond donors (Lipinski definition) is 3. The Hall–Kier alpha value is -3.35. The minimum absolute atomic E-state index is 0.00347. The number of benzene rings is 2.